The third kappa shape index (κ3) is 11.2. The highest BCUT2D eigenvalue weighted by molar-refractivity contribution is 6.30. The number of hydrogen-bond acceptors (Lipinski definition) is 8. The van der Waals surface area contributed by atoms with Gasteiger partial charge in [0.2, 0.25) is 0 Å². The number of hydrogen-bond donors (Lipinski definition) is 0. The molecular formula is C15H24O8. The molecule has 0 aliphatic carbocycles. The van der Waals surface area contributed by atoms with Crippen LogP contribution in [0, 0.1) is 0 Å². The van der Waals surface area contributed by atoms with Gasteiger partial charge in [0.1, 0.15) is 6.26 Å². The Morgan fingerprint density at radius 1 is 0.957 bits per heavy atom. The van der Waals surface area contributed by atoms with E-state index in [1.807, 2.05) is 13.8 Å². The van der Waals surface area contributed by atoms with Crippen LogP contribution in [-0.4, -0.2) is 37.2 Å². The Balaban J connectivity index is 3.93. The van der Waals surface area contributed by atoms with Gasteiger partial charge in [-0.15, -0.1) is 0 Å². The second-order valence-electron chi connectivity index (χ2n) is 4.52. The van der Waals surface area contributed by atoms with Gasteiger partial charge in [-0.2, -0.15) is 4.89 Å². The van der Waals surface area contributed by atoms with Crippen LogP contribution in [0.2, 0.25) is 0 Å². The molecule has 0 spiro atoms. The molecule has 1 atom stereocenters. The summed E-state index contributed by atoms with van der Waals surface area (Å²) in [6.45, 7) is 5.88. The van der Waals surface area contributed by atoms with Gasteiger partial charge in [-0.1, -0.05) is 26.7 Å². The first-order valence-corrected chi connectivity index (χ1v) is 7.54. The van der Waals surface area contributed by atoms with Crippen molar-refractivity contribution in [3.05, 3.63) is 12.5 Å². The molecule has 0 N–H and O–H groups in total. The lowest BCUT2D eigenvalue weighted by Crippen LogP contribution is -2.30. The summed E-state index contributed by atoms with van der Waals surface area (Å²) in [6.07, 6.45) is 3.95. The molecule has 0 aromatic carbocycles. The first-order valence-electron chi connectivity index (χ1n) is 7.54. The molecule has 0 aromatic rings. The SMILES string of the molecule is CCCCOO/C=C/OC(=O)C(=O)OC(C)C(=O)OCCCC. The molecule has 0 aliphatic heterocycles. The monoisotopic (exact) mass is 332 g/mol. The normalized spacial score (nSPS) is 11.8. The maximum absolute atomic E-state index is 11.5. The summed E-state index contributed by atoms with van der Waals surface area (Å²) < 4.78 is 13.9. The fourth-order valence-corrected chi connectivity index (χ4v) is 1.14. The van der Waals surface area contributed by atoms with E-state index in [9.17, 15) is 14.4 Å². The van der Waals surface area contributed by atoms with Gasteiger partial charge in [-0.05, 0) is 19.8 Å². The van der Waals surface area contributed by atoms with E-state index in [0.717, 1.165) is 31.8 Å². The molecular weight excluding hydrogens is 308 g/mol. The van der Waals surface area contributed by atoms with Crippen molar-refractivity contribution in [2.24, 2.45) is 0 Å². The van der Waals surface area contributed by atoms with Crippen molar-refractivity contribution in [2.75, 3.05) is 13.2 Å². The van der Waals surface area contributed by atoms with Gasteiger partial charge < -0.3 is 19.1 Å². The van der Waals surface area contributed by atoms with Crippen molar-refractivity contribution >= 4 is 17.9 Å². The molecule has 0 aromatic heterocycles. The number of rotatable bonds is 11. The summed E-state index contributed by atoms with van der Waals surface area (Å²) in [7, 11) is 0. The lowest BCUT2D eigenvalue weighted by molar-refractivity contribution is -0.250. The molecule has 0 saturated heterocycles. The van der Waals surface area contributed by atoms with Crippen molar-refractivity contribution in [3.8, 4) is 0 Å². The van der Waals surface area contributed by atoms with Crippen LogP contribution in [0.3, 0.4) is 0 Å². The summed E-state index contributed by atoms with van der Waals surface area (Å²) in [5, 5.41) is 0. The zero-order valence-corrected chi connectivity index (χ0v) is 13.7. The van der Waals surface area contributed by atoms with Gasteiger partial charge in [-0.3, -0.25) is 0 Å². The molecule has 0 radical (unpaired) electrons. The molecule has 0 amide bonds. The zero-order chi connectivity index (χ0) is 17.5. The Morgan fingerprint density at radius 3 is 2.26 bits per heavy atom. The average molecular weight is 332 g/mol. The van der Waals surface area contributed by atoms with Crippen molar-refractivity contribution in [2.45, 2.75) is 52.6 Å². The zero-order valence-electron chi connectivity index (χ0n) is 13.7. The van der Waals surface area contributed by atoms with Crippen molar-refractivity contribution in [3.63, 3.8) is 0 Å². The minimum atomic E-state index is -1.30. The van der Waals surface area contributed by atoms with E-state index in [0.29, 0.717) is 13.0 Å². The van der Waals surface area contributed by atoms with Crippen LogP contribution in [0.15, 0.2) is 12.5 Å². The maximum atomic E-state index is 11.5. The van der Waals surface area contributed by atoms with E-state index in [1.165, 1.54) is 6.92 Å². The molecule has 132 valence electrons. The van der Waals surface area contributed by atoms with Crippen LogP contribution in [0.5, 0.6) is 0 Å². The largest absolute Gasteiger partial charge is 0.463 e. The van der Waals surface area contributed by atoms with Crippen LogP contribution in [-0.2, 0) is 38.4 Å². The summed E-state index contributed by atoms with van der Waals surface area (Å²) in [5.41, 5.74) is 0. The van der Waals surface area contributed by atoms with E-state index in [1.54, 1.807) is 0 Å². The van der Waals surface area contributed by atoms with Crippen LogP contribution >= 0.6 is 0 Å². The first kappa shape index (κ1) is 20.9. The second-order valence-corrected chi connectivity index (χ2v) is 4.52. The van der Waals surface area contributed by atoms with E-state index in [-0.39, 0.29) is 6.61 Å². The maximum Gasteiger partial charge on any atom is 0.422 e. The average Bonchev–Trinajstić information content (AvgIpc) is 2.53. The Bertz CT molecular complexity index is 391. The Kier molecular flexibility index (Phi) is 12.3. The topological polar surface area (TPSA) is 97.4 Å². The molecule has 0 rings (SSSR count). The fraction of sp³-hybridized carbons (Fsp3) is 0.667. The highest BCUT2D eigenvalue weighted by Crippen LogP contribution is 1.99. The minimum Gasteiger partial charge on any atom is -0.463 e. The molecule has 0 heterocycles. The predicted octanol–water partition coefficient (Wildman–Crippen LogP) is 2.02. The van der Waals surface area contributed by atoms with Crippen LogP contribution in [0.4, 0.5) is 0 Å². The summed E-state index contributed by atoms with van der Waals surface area (Å²) in [4.78, 5) is 43.4. The molecule has 0 saturated carbocycles. The van der Waals surface area contributed by atoms with Crippen LogP contribution in [0.25, 0.3) is 0 Å². The van der Waals surface area contributed by atoms with Crippen LogP contribution in [0.1, 0.15) is 46.5 Å². The number of ether oxygens (including phenoxy) is 3. The van der Waals surface area contributed by atoms with Gasteiger partial charge >= 0.3 is 17.9 Å². The van der Waals surface area contributed by atoms with Crippen LogP contribution < -0.4 is 0 Å². The molecule has 8 nitrogen and oxygen atoms in total. The van der Waals surface area contributed by atoms with Gasteiger partial charge in [0, 0.05) is 0 Å². The Morgan fingerprint density at radius 2 is 1.61 bits per heavy atom. The Hall–Kier alpha value is -2.09. The summed E-state index contributed by atoms with van der Waals surface area (Å²) >= 11 is 0. The lowest BCUT2D eigenvalue weighted by atomic mass is 10.3. The lowest BCUT2D eigenvalue weighted by Gasteiger charge is -2.11. The Labute approximate surface area is 135 Å². The summed E-state index contributed by atoms with van der Waals surface area (Å²) in [6, 6.07) is 0. The molecule has 8 heteroatoms. The van der Waals surface area contributed by atoms with Crippen molar-refractivity contribution in [1.82, 2.24) is 0 Å². The van der Waals surface area contributed by atoms with Gasteiger partial charge in [0.25, 0.3) is 0 Å². The highest BCUT2D eigenvalue weighted by Gasteiger charge is 2.24. The van der Waals surface area contributed by atoms with Crippen molar-refractivity contribution < 1.29 is 38.4 Å². The quantitative estimate of drug-likeness (QED) is 0.108. The third-order valence-electron chi connectivity index (χ3n) is 2.46. The highest BCUT2D eigenvalue weighted by atomic mass is 17.2. The van der Waals surface area contributed by atoms with Gasteiger partial charge in [0.15, 0.2) is 12.4 Å². The smallest absolute Gasteiger partial charge is 0.422 e. The third-order valence-corrected chi connectivity index (χ3v) is 2.46. The molecule has 0 bridgehead atoms. The first-order chi connectivity index (χ1) is 11.0. The predicted molar refractivity (Wildman–Crippen MR) is 78.6 cm³/mol. The molecule has 0 fully saturated rings. The molecule has 23 heavy (non-hydrogen) atoms. The van der Waals surface area contributed by atoms with Crippen molar-refractivity contribution in [1.29, 1.82) is 0 Å². The number of carbonyl (C=O) groups is 3. The standard InChI is InChI=1S/C15H24O8/c1-4-6-8-19-13(16)12(3)23-15(18)14(17)20-10-11-22-21-9-7-5-2/h10-12H,4-9H2,1-3H3/b11-10+. The fourth-order valence-electron chi connectivity index (χ4n) is 1.14. The number of esters is 3. The van der Waals surface area contributed by atoms with E-state index in [4.69, 9.17) is 9.62 Å². The number of carbonyl (C=O) groups excluding carboxylic acids is 3. The van der Waals surface area contributed by atoms with Gasteiger partial charge in [-0.25, -0.2) is 14.4 Å². The molecule has 1 unspecified atom stereocenters. The van der Waals surface area contributed by atoms with E-state index < -0.39 is 24.0 Å². The number of unbranched alkanes of at least 4 members (excludes halogenated alkanes) is 2. The second kappa shape index (κ2) is 13.6. The van der Waals surface area contributed by atoms with Gasteiger partial charge in [0.05, 0.1) is 13.2 Å². The molecule has 0 aliphatic rings. The minimum absolute atomic E-state index is 0.236. The van der Waals surface area contributed by atoms with E-state index >= 15 is 0 Å². The summed E-state index contributed by atoms with van der Waals surface area (Å²) in [5.74, 6) is -3.31. The van der Waals surface area contributed by atoms with E-state index in [2.05, 4.69) is 14.4 Å².